The number of anilines is 1. The number of nitrogens with zero attached hydrogens (tertiary/aromatic N) is 1. The standard InChI is InChI=1S/C18H28N2O2/c1-3-11-22-17-8-6-15(12-16(17)19)7-9-18(21)20-10-4-5-14(2)13-20/h6,8,12,14H,3-5,7,9-11,13,19H2,1-2H3. The van der Waals surface area contributed by atoms with Crippen molar-refractivity contribution in [3.8, 4) is 5.75 Å². The van der Waals surface area contributed by atoms with Crippen molar-refractivity contribution in [1.82, 2.24) is 4.90 Å². The molecular weight excluding hydrogens is 276 g/mol. The van der Waals surface area contributed by atoms with E-state index in [9.17, 15) is 4.79 Å². The van der Waals surface area contributed by atoms with E-state index in [4.69, 9.17) is 10.5 Å². The fraction of sp³-hybridized carbons (Fsp3) is 0.611. The number of nitrogens with two attached hydrogens (primary N) is 1. The van der Waals surface area contributed by atoms with Crippen LogP contribution in [-0.2, 0) is 11.2 Å². The molecule has 1 amide bonds. The van der Waals surface area contributed by atoms with Gasteiger partial charge in [0, 0.05) is 19.5 Å². The van der Waals surface area contributed by atoms with Crippen LogP contribution in [0.3, 0.4) is 0 Å². The Morgan fingerprint density at radius 3 is 2.95 bits per heavy atom. The number of likely N-dealkylation sites (tertiary alicyclic amines) is 1. The van der Waals surface area contributed by atoms with Crippen molar-refractivity contribution in [2.45, 2.75) is 46.0 Å². The number of aryl methyl sites for hydroxylation is 1. The van der Waals surface area contributed by atoms with Crippen molar-refractivity contribution in [3.63, 3.8) is 0 Å². The topological polar surface area (TPSA) is 55.6 Å². The number of hydrogen-bond donors (Lipinski definition) is 1. The van der Waals surface area contributed by atoms with E-state index in [2.05, 4.69) is 13.8 Å². The van der Waals surface area contributed by atoms with Crippen molar-refractivity contribution < 1.29 is 9.53 Å². The van der Waals surface area contributed by atoms with Gasteiger partial charge in [0.05, 0.1) is 12.3 Å². The number of hydrogen-bond acceptors (Lipinski definition) is 3. The van der Waals surface area contributed by atoms with E-state index in [1.807, 2.05) is 23.1 Å². The van der Waals surface area contributed by atoms with Gasteiger partial charge in [-0.3, -0.25) is 4.79 Å². The zero-order valence-corrected chi connectivity index (χ0v) is 13.8. The summed E-state index contributed by atoms with van der Waals surface area (Å²) < 4.78 is 5.57. The van der Waals surface area contributed by atoms with E-state index < -0.39 is 0 Å². The summed E-state index contributed by atoms with van der Waals surface area (Å²) in [6.07, 6.45) is 4.62. The summed E-state index contributed by atoms with van der Waals surface area (Å²) in [7, 11) is 0. The summed E-state index contributed by atoms with van der Waals surface area (Å²) in [6, 6.07) is 5.85. The van der Waals surface area contributed by atoms with Gasteiger partial charge in [0.1, 0.15) is 5.75 Å². The highest BCUT2D eigenvalue weighted by Gasteiger charge is 2.20. The third kappa shape index (κ3) is 4.65. The molecule has 0 radical (unpaired) electrons. The largest absolute Gasteiger partial charge is 0.491 e. The first-order valence-corrected chi connectivity index (χ1v) is 8.39. The van der Waals surface area contributed by atoms with Crippen LogP contribution in [0, 0.1) is 5.92 Å². The van der Waals surface area contributed by atoms with E-state index >= 15 is 0 Å². The number of carbonyl (C=O) groups is 1. The molecule has 1 unspecified atom stereocenters. The number of amides is 1. The van der Waals surface area contributed by atoms with Crippen molar-refractivity contribution >= 4 is 11.6 Å². The number of nitrogen functional groups attached to an aromatic ring is 1. The molecule has 1 atom stereocenters. The van der Waals surface area contributed by atoms with Gasteiger partial charge in [0.15, 0.2) is 0 Å². The van der Waals surface area contributed by atoms with Gasteiger partial charge in [-0.05, 0) is 49.3 Å². The van der Waals surface area contributed by atoms with Gasteiger partial charge in [-0.15, -0.1) is 0 Å². The Morgan fingerprint density at radius 1 is 1.45 bits per heavy atom. The Bertz CT molecular complexity index is 502. The molecule has 2 rings (SSSR count). The molecule has 1 heterocycles. The molecule has 1 saturated heterocycles. The fourth-order valence-corrected chi connectivity index (χ4v) is 2.92. The predicted octanol–water partition coefficient (Wildman–Crippen LogP) is 3.25. The average Bonchev–Trinajstić information content (AvgIpc) is 2.51. The van der Waals surface area contributed by atoms with Gasteiger partial charge in [-0.1, -0.05) is 19.9 Å². The van der Waals surface area contributed by atoms with Crippen LogP contribution in [0.25, 0.3) is 0 Å². The fourth-order valence-electron chi connectivity index (χ4n) is 2.92. The Labute approximate surface area is 133 Å². The van der Waals surface area contributed by atoms with Crippen LogP contribution in [0.2, 0.25) is 0 Å². The Balaban J connectivity index is 1.85. The monoisotopic (exact) mass is 304 g/mol. The summed E-state index contributed by atoms with van der Waals surface area (Å²) in [4.78, 5) is 14.3. The molecule has 0 aromatic heterocycles. The smallest absolute Gasteiger partial charge is 0.222 e. The van der Waals surface area contributed by atoms with E-state index in [1.54, 1.807) is 0 Å². The number of benzene rings is 1. The zero-order chi connectivity index (χ0) is 15.9. The second kappa shape index (κ2) is 8.06. The van der Waals surface area contributed by atoms with Crippen LogP contribution in [0.1, 0.15) is 45.1 Å². The maximum absolute atomic E-state index is 12.3. The van der Waals surface area contributed by atoms with Crippen LogP contribution in [0.4, 0.5) is 5.69 Å². The molecule has 4 nitrogen and oxygen atoms in total. The number of ether oxygens (including phenoxy) is 1. The van der Waals surface area contributed by atoms with Crippen molar-refractivity contribution in [2.24, 2.45) is 5.92 Å². The minimum atomic E-state index is 0.261. The molecule has 1 aliphatic heterocycles. The molecule has 2 N–H and O–H groups in total. The average molecular weight is 304 g/mol. The van der Waals surface area contributed by atoms with Gasteiger partial charge in [-0.25, -0.2) is 0 Å². The highest BCUT2D eigenvalue weighted by atomic mass is 16.5. The molecule has 1 aliphatic rings. The molecule has 122 valence electrons. The maximum Gasteiger partial charge on any atom is 0.222 e. The van der Waals surface area contributed by atoms with E-state index in [0.29, 0.717) is 24.6 Å². The highest BCUT2D eigenvalue weighted by Crippen LogP contribution is 2.24. The lowest BCUT2D eigenvalue weighted by Gasteiger charge is -2.31. The lowest BCUT2D eigenvalue weighted by Crippen LogP contribution is -2.39. The minimum Gasteiger partial charge on any atom is -0.491 e. The third-order valence-corrected chi connectivity index (χ3v) is 4.17. The summed E-state index contributed by atoms with van der Waals surface area (Å²) in [5.41, 5.74) is 7.76. The lowest BCUT2D eigenvalue weighted by atomic mass is 9.99. The quantitative estimate of drug-likeness (QED) is 0.821. The molecule has 1 fully saturated rings. The third-order valence-electron chi connectivity index (χ3n) is 4.17. The maximum atomic E-state index is 12.3. The molecule has 0 aliphatic carbocycles. The molecule has 4 heteroatoms. The van der Waals surface area contributed by atoms with Gasteiger partial charge in [0.25, 0.3) is 0 Å². The molecule has 0 saturated carbocycles. The Morgan fingerprint density at radius 2 is 2.27 bits per heavy atom. The van der Waals surface area contributed by atoms with Gasteiger partial charge in [0.2, 0.25) is 5.91 Å². The number of piperidine rings is 1. The minimum absolute atomic E-state index is 0.261. The predicted molar refractivity (Wildman–Crippen MR) is 89.9 cm³/mol. The van der Waals surface area contributed by atoms with Gasteiger partial charge >= 0.3 is 0 Å². The summed E-state index contributed by atoms with van der Waals surface area (Å²) in [5, 5.41) is 0. The van der Waals surface area contributed by atoms with E-state index in [1.165, 1.54) is 6.42 Å². The molecule has 0 bridgehead atoms. The zero-order valence-electron chi connectivity index (χ0n) is 13.8. The van der Waals surface area contributed by atoms with Crippen LogP contribution in [-0.4, -0.2) is 30.5 Å². The molecule has 22 heavy (non-hydrogen) atoms. The Hall–Kier alpha value is -1.71. The van der Waals surface area contributed by atoms with Gasteiger partial charge in [-0.2, -0.15) is 0 Å². The molecular formula is C18H28N2O2. The van der Waals surface area contributed by atoms with E-state index in [0.717, 1.165) is 43.7 Å². The Kier molecular flexibility index (Phi) is 6.10. The van der Waals surface area contributed by atoms with Crippen LogP contribution >= 0.6 is 0 Å². The summed E-state index contributed by atoms with van der Waals surface area (Å²) >= 11 is 0. The summed E-state index contributed by atoms with van der Waals surface area (Å²) in [6.45, 7) is 6.78. The van der Waals surface area contributed by atoms with Crippen molar-refractivity contribution in [3.05, 3.63) is 23.8 Å². The summed E-state index contributed by atoms with van der Waals surface area (Å²) in [5.74, 6) is 1.63. The second-order valence-corrected chi connectivity index (χ2v) is 6.31. The molecule has 1 aromatic rings. The normalized spacial score (nSPS) is 18.3. The number of carbonyl (C=O) groups excluding carboxylic acids is 1. The second-order valence-electron chi connectivity index (χ2n) is 6.31. The molecule has 0 spiro atoms. The van der Waals surface area contributed by atoms with Crippen LogP contribution < -0.4 is 10.5 Å². The first kappa shape index (κ1) is 16.7. The van der Waals surface area contributed by atoms with Crippen LogP contribution in [0.5, 0.6) is 5.75 Å². The molecule has 1 aromatic carbocycles. The number of rotatable bonds is 6. The highest BCUT2D eigenvalue weighted by molar-refractivity contribution is 5.76. The van der Waals surface area contributed by atoms with Crippen molar-refractivity contribution in [2.75, 3.05) is 25.4 Å². The van der Waals surface area contributed by atoms with Crippen LogP contribution in [0.15, 0.2) is 18.2 Å². The lowest BCUT2D eigenvalue weighted by molar-refractivity contribution is -0.132. The SMILES string of the molecule is CCCOc1ccc(CCC(=O)N2CCCC(C)C2)cc1N. The van der Waals surface area contributed by atoms with Gasteiger partial charge < -0.3 is 15.4 Å². The first-order valence-electron chi connectivity index (χ1n) is 8.39. The van der Waals surface area contributed by atoms with E-state index in [-0.39, 0.29) is 5.91 Å². The van der Waals surface area contributed by atoms with Crippen molar-refractivity contribution in [1.29, 1.82) is 0 Å². The first-order chi connectivity index (χ1) is 10.6.